The first-order valence-electron chi connectivity index (χ1n) is 9.95. The van der Waals surface area contributed by atoms with Crippen molar-refractivity contribution in [1.29, 1.82) is 0 Å². The van der Waals surface area contributed by atoms with Crippen molar-refractivity contribution in [2.24, 2.45) is 0 Å². The van der Waals surface area contributed by atoms with E-state index in [4.69, 9.17) is 9.47 Å². The van der Waals surface area contributed by atoms with Gasteiger partial charge in [-0.2, -0.15) is 0 Å². The molecule has 0 aromatic heterocycles. The summed E-state index contributed by atoms with van der Waals surface area (Å²) >= 11 is 0. The van der Waals surface area contributed by atoms with Crippen molar-refractivity contribution >= 4 is 11.6 Å². The van der Waals surface area contributed by atoms with E-state index in [1.807, 2.05) is 74.5 Å². The summed E-state index contributed by atoms with van der Waals surface area (Å²) in [5.41, 5.74) is 4.48. The molecule has 0 aliphatic rings. The topological polar surface area (TPSA) is 47.6 Å². The van der Waals surface area contributed by atoms with Gasteiger partial charge in [0.05, 0.1) is 6.61 Å². The molecule has 0 saturated carbocycles. The molecule has 1 N–H and O–H groups in total. The van der Waals surface area contributed by atoms with Gasteiger partial charge in [-0.25, -0.2) is 0 Å². The highest BCUT2D eigenvalue weighted by Crippen LogP contribution is 2.25. The number of hydrogen-bond acceptors (Lipinski definition) is 3. The molecule has 4 nitrogen and oxygen atoms in total. The van der Waals surface area contributed by atoms with E-state index < -0.39 is 0 Å². The van der Waals surface area contributed by atoms with Crippen molar-refractivity contribution in [2.75, 3.05) is 11.9 Å². The van der Waals surface area contributed by atoms with Gasteiger partial charge < -0.3 is 14.8 Å². The van der Waals surface area contributed by atoms with Gasteiger partial charge in [-0.1, -0.05) is 37.3 Å². The van der Waals surface area contributed by atoms with Crippen molar-refractivity contribution in [2.45, 2.75) is 33.8 Å². The standard InChI is InChI=1S/C25H27NO3/c1-4-19-10-13-22(14-11-19)26-25(27)20-12-15-24(28-5-2)21(16-20)17-29-23-9-7-6-8-18(23)3/h6-16H,4-5,17H2,1-3H3,(H,26,27). The summed E-state index contributed by atoms with van der Waals surface area (Å²) < 4.78 is 11.7. The van der Waals surface area contributed by atoms with Gasteiger partial charge in [0.2, 0.25) is 0 Å². The molecule has 0 radical (unpaired) electrons. The fraction of sp³-hybridized carbons (Fsp3) is 0.240. The minimum absolute atomic E-state index is 0.158. The van der Waals surface area contributed by atoms with E-state index in [1.54, 1.807) is 6.07 Å². The highest BCUT2D eigenvalue weighted by atomic mass is 16.5. The average Bonchev–Trinajstić information content (AvgIpc) is 2.74. The molecule has 0 aliphatic heterocycles. The third-order valence-electron chi connectivity index (χ3n) is 4.72. The Hall–Kier alpha value is -3.27. The molecule has 29 heavy (non-hydrogen) atoms. The molecule has 4 heteroatoms. The Balaban J connectivity index is 1.77. The molecular formula is C25H27NO3. The third-order valence-corrected chi connectivity index (χ3v) is 4.72. The fourth-order valence-corrected chi connectivity index (χ4v) is 3.03. The predicted octanol–water partition coefficient (Wildman–Crippen LogP) is 5.79. The maximum absolute atomic E-state index is 12.7. The van der Waals surface area contributed by atoms with Gasteiger partial charge in [-0.3, -0.25) is 4.79 Å². The van der Waals surface area contributed by atoms with E-state index in [0.29, 0.717) is 18.8 Å². The van der Waals surface area contributed by atoms with E-state index in [0.717, 1.165) is 34.7 Å². The minimum atomic E-state index is -0.158. The SMILES string of the molecule is CCOc1ccc(C(=O)Nc2ccc(CC)cc2)cc1COc1ccccc1C. The van der Waals surface area contributed by atoms with Crippen LogP contribution in [0.4, 0.5) is 5.69 Å². The average molecular weight is 389 g/mol. The number of anilines is 1. The van der Waals surface area contributed by atoms with Crippen molar-refractivity contribution in [3.63, 3.8) is 0 Å². The van der Waals surface area contributed by atoms with Gasteiger partial charge in [-0.05, 0) is 67.8 Å². The summed E-state index contributed by atoms with van der Waals surface area (Å²) in [6, 6.07) is 21.2. The number of para-hydroxylation sites is 1. The maximum Gasteiger partial charge on any atom is 0.255 e. The molecule has 3 aromatic rings. The monoisotopic (exact) mass is 389 g/mol. The highest BCUT2D eigenvalue weighted by Gasteiger charge is 2.12. The number of ether oxygens (including phenoxy) is 2. The summed E-state index contributed by atoms with van der Waals surface area (Å²) in [5, 5.41) is 2.95. The van der Waals surface area contributed by atoms with Crippen molar-refractivity contribution in [3.8, 4) is 11.5 Å². The number of nitrogens with one attached hydrogen (secondary N) is 1. The maximum atomic E-state index is 12.7. The molecule has 0 fully saturated rings. The molecule has 150 valence electrons. The van der Waals surface area contributed by atoms with Crippen LogP contribution < -0.4 is 14.8 Å². The van der Waals surface area contributed by atoms with Gasteiger partial charge in [-0.15, -0.1) is 0 Å². The Morgan fingerprint density at radius 2 is 1.66 bits per heavy atom. The second-order valence-corrected chi connectivity index (χ2v) is 6.81. The molecular weight excluding hydrogens is 362 g/mol. The van der Waals surface area contributed by atoms with Gasteiger partial charge >= 0.3 is 0 Å². The normalized spacial score (nSPS) is 10.4. The molecule has 3 rings (SSSR count). The summed E-state index contributed by atoms with van der Waals surface area (Å²) in [4.78, 5) is 12.7. The van der Waals surface area contributed by atoms with Gasteiger partial charge in [0.15, 0.2) is 0 Å². The Bertz CT molecular complexity index is 964. The molecule has 0 heterocycles. The number of aryl methyl sites for hydroxylation is 2. The van der Waals surface area contributed by atoms with Crippen LogP contribution in [0.15, 0.2) is 66.7 Å². The second kappa shape index (κ2) is 9.78. The van der Waals surface area contributed by atoms with Gasteiger partial charge in [0, 0.05) is 16.8 Å². The van der Waals surface area contributed by atoms with Crippen LogP contribution in [0.25, 0.3) is 0 Å². The second-order valence-electron chi connectivity index (χ2n) is 6.81. The molecule has 0 aliphatic carbocycles. The molecule has 1 amide bonds. The first kappa shape index (κ1) is 20.5. The van der Waals surface area contributed by atoms with Crippen LogP contribution in [0.2, 0.25) is 0 Å². The molecule has 0 spiro atoms. The van der Waals surface area contributed by atoms with Crippen LogP contribution in [-0.2, 0) is 13.0 Å². The number of hydrogen-bond donors (Lipinski definition) is 1. The van der Waals surface area contributed by atoms with E-state index in [-0.39, 0.29) is 5.91 Å². The highest BCUT2D eigenvalue weighted by molar-refractivity contribution is 6.04. The van der Waals surface area contributed by atoms with Crippen LogP contribution in [0.3, 0.4) is 0 Å². The predicted molar refractivity (Wildman–Crippen MR) is 117 cm³/mol. The summed E-state index contributed by atoms with van der Waals surface area (Å²) in [5.74, 6) is 1.39. The zero-order chi connectivity index (χ0) is 20.6. The fourth-order valence-electron chi connectivity index (χ4n) is 3.03. The molecule has 0 unspecified atom stereocenters. The first-order valence-corrected chi connectivity index (χ1v) is 9.95. The van der Waals surface area contributed by atoms with Crippen LogP contribution in [0, 0.1) is 6.92 Å². The largest absolute Gasteiger partial charge is 0.493 e. The summed E-state index contributed by atoms with van der Waals surface area (Å²) in [7, 11) is 0. The minimum Gasteiger partial charge on any atom is -0.493 e. The Labute approximate surface area is 172 Å². The number of amides is 1. The van der Waals surface area contributed by atoms with E-state index >= 15 is 0 Å². The lowest BCUT2D eigenvalue weighted by Gasteiger charge is -2.14. The quantitative estimate of drug-likeness (QED) is 0.531. The lowest BCUT2D eigenvalue weighted by atomic mass is 10.1. The van der Waals surface area contributed by atoms with Crippen LogP contribution >= 0.6 is 0 Å². The lowest BCUT2D eigenvalue weighted by Crippen LogP contribution is -2.13. The van der Waals surface area contributed by atoms with Crippen LogP contribution in [0.5, 0.6) is 11.5 Å². The number of benzene rings is 3. The lowest BCUT2D eigenvalue weighted by molar-refractivity contribution is 0.102. The number of rotatable bonds is 8. The molecule has 0 saturated heterocycles. The Morgan fingerprint density at radius 3 is 2.34 bits per heavy atom. The van der Waals surface area contributed by atoms with E-state index in [1.165, 1.54) is 5.56 Å². The van der Waals surface area contributed by atoms with E-state index in [2.05, 4.69) is 12.2 Å². The first-order chi connectivity index (χ1) is 14.1. The van der Waals surface area contributed by atoms with Gasteiger partial charge in [0.25, 0.3) is 5.91 Å². The van der Waals surface area contributed by atoms with Crippen LogP contribution in [0.1, 0.15) is 40.9 Å². The van der Waals surface area contributed by atoms with Crippen molar-refractivity contribution in [1.82, 2.24) is 0 Å². The summed E-state index contributed by atoms with van der Waals surface area (Å²) in [6.45, 7) is 6.92. The third kappa shape index (κ3) is 5.38. The van der Waals surface area contributed by atoms with Gasteiger partial charge in [0.1, 0.15) is 18.1 Å². The summed E-state index contributed by atoms with van der Waals surface area (Å²) in [6.07, 6.45) is 0.970. The zero-order valence-electron chi connectivity index (χ0n) is 17.2. The van der Waals surface area contributed by atoms with Crippen molar-refractivity contribution < 1.29 is 14.3 Å². The van der Waals surface area contributed by atoms with E-state index in [9.17, 15) is 4.79 Å². The number of carbonyl (C=O) groups excluding carboxylic acids is 1. The molecule has 0 bridgehead atoms. The number of carbonyl (C=O) groups is 1. The Morgan fingerprint density at radius 1 is 0.897 bits per heavy atom. The Kier molecular flexibility index (Phi) is 6.90. The zero-order valence-corrected chi connectivity index (χ0v) is 17.2. The smallest absolute Gasteiger partial charge is 0.255 e. The van der Waals surface area contributed by atoms with Crippen molar-refractivity contribution in [3.05, 3.63) is 89.0 Å². The molecule has 0 atom stereocenters. The van der Waals surface area contributed by atoms with Crippen LogP contribution in [-0.4, -0.2) is 12.5 Å². The molecule has 3 aromatic carbocycles.